The number of anilines is 1. The molecular formula is C20H19N3O2S. The number of amides is 1. The highest BCUT2D eigenvalue weighted by Gasteiger charge is 2.38. The Balaban J connectivity index is 1.73. The van der Waals surface area contributed by atoms with E-state index in [0.717, 1.165) is 27.6 Å². The summed E-state index contributed by atoms with van der Waals surface area (Å²) in [5.41, 5.74) is 3.36. The Kier molecular flexibility index (Phi) is 4.34. The van der Waals surface area contributed by atoms with Crippen LogP contribution >= 0.6 is 11.3 Å². The molecule has 0 fully saturated rings. The molecule has 0 saturated heterocycles. The molecule has 0 radical (unpaired) electrons. The van der Waals surface area contributed by atoms with Gasteiger partial charge < -0.3 is 15.0 Å². The van der Waals surface area contributed by atoms with Crippen LogP contribution in [0.25, 0.3) is 0 Å². The van der Waals surface area contributed by atoms with Gasteiger partial charge in [0.2, 0.25) is 0 Å². The number of ether oxygens (including phenoxy) is 1. The van der Waals surface area contributed by atoms with Crippen molar-refractivity contribution in [3.63, 3.8) is 0 Å². The molecule has 0 unspecified atom stereocenters. The zero-order chi connectivity index (χ0) is 18.1. The van der Waals surface area contributed by atoms with E-state index in [-0.39, 0.29) is 12.1 Å². The fraction of sp³-hybridized carbons (Fsp3) is 0.200. The Morgan fingerprint density at radius 1 is 1.27 bits per heavy atom. The highest BCUT2D eigenvalue weighted by Crippen LogP contribution is 2.37. The SMILES string of the molecule is COc1ccc(C)cc1N[C@@H]1c2ncccc2C(=O)N1Cc1cccs1. The second-order valence-electron chi connectivity index (χ2n) is 6.20. The summed E-state index contributed by atoms with van der Waals surface area (Å²) in [7, 11) is 1.64. The molecule has 1 amide bonds. The second kappa shape index (κ2) is 6.80. The van der Waals surface area contributed by atoms with Gasteiger partial charge >= 0.3 is 0 Å². The fourth-order valence-corrected chi connectivity index (χ4v) is 3.90. The third-order valence-electron chi connectivity index (χ3n) is 4.45. The summed E-state index contributed by atoms with van der Waals surface area (Å²) in [5.74, 6) is 0.731. The molecule has 4 rings (SSSR count). The number of rotatable bonds is 5. The molecule has 132 valence electrons. The van der Waals surface area contributed by atoms with Crippen molar-refractivity contribution in [1.82, 2.24) is 9.88 Å². The number of carbonyl (C=O) groups is 1. The largest absolute Gasteiger partial charge is 0.495 e. The molecule has 1 aliphatic rings. The fourth-order valence-electron chi connectivity index (χ4n) is 3.20. The van der Waals surface area contributed by atoms with Gasteiger partial charge in [0.05, 0.1) is 30.6 Å². The summed E-state index contributed by atoms with van der Waals surface area (Å²) in [6.45, 7) is 2.57. The first-order chi connectivity index (χ1) is 12.7. The van der Waals surface area contributed by atoms with Crippen LogP contribution in [-0.4, -0.2) is 22.9 Å². The lowest BCUT2D eigenvalue weighted by Gasteiger charge is -2.27. The van der Waals surface area contributed by atoms with Crippen LogP contribution < -0.4 is 10.1 Å². The summed E-state index contributed by atoms with van der Waals surface area (Å²) < 4.78 is 5.48. The maximum absolute atomic E-state index is 13.0. The van der Waals surface area contributed by atoms with E-state index in [9.17, 15) is 4.79 Å². The van der Waals surface area contributed by atoms with Crippen LogP contribution in [0.5, 0.6) is 5.75 Å². The first kappa shape index (κ1) is 16.6. The number of nitrogens with zero attached hydrogens (tertiary/aromatic N) is 2. The van der Waals surface area contributed by atoms with E-state index in [2.05, 4.69) is 10.3 Å². The highest BCUT2D eigenvalue weighted by atomic mass is 32.1. The average molecular weight is 365 g/mol. The Bertz CT molecular complexity index is 940. The standard InChI is InChI=1S/C20H19N3O2S/c1-13-7-8-17(25-2)16(11-13)22-19-18-15(6-3-9-21-18)20(24)23(19)12-14-5-4-10-26-14/h3-11,19,22H,12H2,1-2H3/t19-/m0/s1. The Morgan fingerprint density at radius 2 is 2.15 bits per heavy atom. The third-order valence-corrected chi connectivity index (χ3v) is 5.32. The van der Waals surface area contributed by atoms with E-state index in [1.807, 2.05) is 53.6 Å². The van der Waals surface area contributed by atoms with Gasteiger partial charge in [-0.05, 0) is 48.2 Å². The van der Waals surface area contributed by atoms with Gasteiger partial charge in [0.15, 0.2) is 0 Å². The number of methoxy groups -OCH3 is 1. The van der Waals surface area contributed by atoms with Gasteiger partial charge in [0, 0.05) is 11.1 Å². The predicted molar refractivity (Wildman–Crippen MR) is 103 cm³/mol. The van der Waals surface area contributed by atoms with Crippen LogP contribution in [0.3, 0.4) is 0 Å². The lowest BCUT2D eigenvalue weighted by atomic mass is 10.2. The van der Waals surface area contributed by atoms with E-state index in [4.69, 9.17) is 4.74 Å². The second-order valence-corrected chi connectivity index (χ2v) is 7.23. The van der Waals surface area contributed by atoms with Gasteiger partial charge in [-0.2, -0.15) is 0 Å². The molecule has 26 heavy (non-hydrogen) atoms. The predicted octanol–water partition coefficient (Wildman–Crippen LogP) is 4.23. The number of fused-ring (bicyclic) bond motifs is 1. The van der Waals surface area contributed by atoms with Crippen LogP contribution in [-0.2, 0) is 6.54 Å². The minimum atomic E-state index is -0.337. The summed E-state index contributed by atoms with van der Waals surface area (Å²) in [6, 6.07) is 13.6. The lowest BCUT2D eigenvalue weighted by molar-refractivity contribution is 0.0729. The number of hydrogen-bond donors (Lipinski definition) is 1. The van der Waals surface area contributed by atoms with Crippen molar-refractivity contribution < 1.29 is 9.53 Å². The van der Waals surface area contributed by atoms with Gasteiger partial charge in [0.25, 0.3) is 5.91 Å². The Hall–Kier alpha value is -2.86. The molecule has 0 bridgehead atoms. The van der Waals surface area contributed by atoms with E-state index in [1.165, 1.54) is 0 Å². The summed E-state index contributed by atoms with van der Waals surface area (Å²) in [4.78, 5) is 20.4. The number of hydrogen-bond acceptors (Lipinski definition) is 5. The number of aromatic nitrogens is 1. The molecule has 1 aliphatic heterocycles. The number of carbonyl (C=O) groups excluding carboxylic acids is 1. The van der Waals surface area contributed by atoms with Crippen molar-refractivity contribution in [3.05, 3.63) is 75.7 Å². The Labute approximate surface area is 156 Å². The van der Waals surface area contributed by atoms with Gasteiger partial charge in [-0.15, -0.1) is 11.3 Å². The molecule has 1 N–H and O–H groups in total. The highest BCUT2D eigenvalue weighted by molar-refractivity contribution is 7.09. The summed E-state index contributed by atoms with van der Waals surface area (Å²) in [5, 5.41) is 5.49. The number of benzene rings is 1. The number of thiophene rings is 1. The number of nitrogens with one attached hydrogen (secondary N) is 1. The maximum atomic E-state index is 13.0. The molecule has 3 aromatic rings. The van der Waals surface area contributed by atoms with Crippen molar-refractivity contribution >= 4 is 22.9 Å². The van der Waals surface area contributed by atoms with Gasteiger partial charge in [-0.3, -0.25) is 9.78 Å². The smallest absolute Gasteiger partial charge is 0.258 e. The molecule has 5 nitrogen and oxygen atoms in total. The Morgan fingerprint density at radius 3 is 2.92 bits per heavy atom. The number of pyridine rings is 1. The van der Waals surface area contributed by atoms with Gasteiger partial charge in [-0.25, -0.2) is 0 Å². The van der Waals surface area contributed by atoms with Gasteiger partial charge in [0.1, 0.15) is 11.9 Å². The third kappa shape index (κ3) is 2.93. The molecule has 6 heteroatoms. The van der Waals surface area contributed by atoms with Crippen LogP contribution in [0.4, 0.5) is 5.69 Å². The number of aryl methyl sites for hydroxylation is 1. The van der Waals surface area contributed by atoms with Crippen LogP contribution in [0.1, 0.15) is 32.7 Å². The van der Waals surface area contributed by atoms with Crippen molar-refractivity contribution in [2.24, 2.45) is 0 Å². The first-order valence-corrected chi connectivity index (χ1v) is 9.25. The van der Waals surface area contributed by atoms with Crippen molar-refractivity contribution in [2.45, 2.75) is 19.6 Å². The molecule has 0 aliphatic carbocycles. The van der Waals surface area contributed by atoms with Crippen LogP contribution in [0, 0.1) is 6.92 Å². The van der Waals surface area contributed by atoms with E-state index in [1.54, 1.807) is 30.7 Å². The van der Waals surface area contributed by atoms with Crippen molar-refractivity contribution in [1.29, 1.82) is 0 Å². The van der Waals surface area contributed by atoms with E-state index >= 15 is 0 Å². The molecule has 2 aromatic heterocycles. The molecule has 0 spiro atoms. The molecule has 1 aromatic carbocycles. The zero-order valence-electron chi connectivity index (χ0n) is 14.6. The topological polar surface area (TPSA) is 54.5 Å². The minimum Gasteiger partial charge on any atom is -0.495 e. The monoisotopic (exact) mass is 365 g/mol. The molecular weight excluding hydrogens is 346 g/mol. The van der Waals surface area contributed by atoms with E-state index < -0.39 is 0 Å². The first-order valence-electron chi connectivity index (χ1n) is 8.37. The van der Waals surface area contributed by atoms with Crippen molar-refractivity contribution in [3.8, 4) is 5.75 Å². The van der Waals surface area contributed by atoms with Crippen molar-refractivity contribution in [2.75, 3.05) is 12.4 Å². The van der Waals surface area contributed by atoms with Crippen LogP contribution in [0.15, 0.2) is 54.0 Å². The van der Waals surface area contributed by atoms with E-state index in [0.29, 0.717) is 12.1 Å². The quantitative estimate of drug-likeness (QED) is 0.735. The zero-order valence-corrected chi connectivity index (χ0v) is 15.4. The molecule has 0 saturated carbocycles. The minimum absolute atomic E-state index is 0.00869. The summed E-state index contributed by atoms with van der Waals surface area (Å²) in [6.07, 6.45) is 1.39. The molecule has 1 atom stereocenters. The average Bonchev–Trinajstić information content (AvgIpc) is 3.25. The lowest BCUT2D eigenvalue weighted by Crippen LogP contribution is -2.31. The normalized spacial score (nSPS) is 15.8. The molecule has 3 heterocycles. The summed E-state index contributed by atoms with van der Waals surface area (Å²) >= 11 is 1.64. The van der Waals surface area contributed by atoms with Gasteiger partial charge in [-0.1, -0.05) is 12.1 Å². The maximum Gasteiger partial charge on any atom is 0.258 e. The van der Waals surface area contributed by atoms with Crippen LogP contribution in [0.2, 0.25) is 0 Å².